The Labute approximate surface area is 248 Å². The minimum atomic E-state index is -2.89. The SMILES string of the molecule is C\C=C(/C=C\C(C)=N\C1=C(C)[C@@H](c2ccccc2OC(F)F)CC1(C)OC)c1cnc(N2C[C@@H]3CC3(C)C2CC)nc1. The highest BCUT2D eigenvalue weighted by Crippen LogP contribution is 2.62. The van der Waals surface area contributed by atoms with E-state index in [0.717, 1.165) is 53.0 Å². The number of anilines is 1. The van der Waals surface area contributed by atoms with Crippen molar-refractivity contribution >= 4 is 17.2 Å². The quantitative estimate of drug-likeness (QED) is 0.212. The maximum atomic E-state index is 13.1. The van der Waals surface area contributed by atoms with E-state index in [1.165, 1.54) is 6.42 Å². The summed E-state index contributed by atoms with van der Waals surface area (Å²) < 4.78 is 37.0. The van der Waals surface area contributed by atoms with E-state index >= 15 is 0 Å². The van der Waals surface area contributed by atoms with Crippen LogP contribution in [0.2, 0.25) is 0 Å². The maximum absolute atomic E-state index is 13.1. The fourth-order valence-electron chi connectivity index (χ4n) is 7.11. The predicted molar refractivity (Wildman–Crippen MR) is 164 cm³/mol. The summed E-state index contributed by atoms with van der Waals surface area (Å²) in [4.78, 5) is 16.9. The van der Waals surface area contributed by atoms with Crippen molar-refractivity contribution in [1.82, 2.24) is 9.97 Å². The van der Waals surface area contributed by atoms with E-state index in [1.807, 2.05) is 70.4 Å². The number of hydrogen-bond acceptors (Lipinski definition) is 6. The highest BCUT2D eigenvalue weighted by Gasteiger charge is 2.62. The summed E-state index contributed by atoms with van der Waals surface area (Å²) in [6, 6.07) is 7.46. The van der Waals surface area contributed by atoms with Crippen molar-refractivity contribution in [3.8, 4) is 5.75 Å². The molecule has 5 rings (SSSR count). The second-order valence-corrected chi connectivity index (χ2v) is 12.2. The zero-order chi connectivity index (χ0) is 30.2. The van der Waals surface area contributed by atoms with Crippen LogP contribution in [0.15, 0.2) is 71.1 Å². The number of halogens is 2. The first-order valence-electron chi connectivity index (χ1n) is 14.8. The number of piperidine rings is 1. The van der Waals surface area contributed by atoms with Crippen LogP contribution in [0.1, 0.15) is 77.8 Å². The summed E-state index contributed by atoms with van der Waals surface area (Å²) >= 11 is 0. The summed E-state index contributed by atoms with van der Waals surface area (Å²) in [7, 11) is 1.66. The number of ether oxygens (including phenoxy) is 2. The number of rotatable bonds is 10. The number of aromatic nitrogens is 2. The minimum absolute atomic E-state index is 0.154. The molecule has 2 fully saturated rings. The van der Waals surface area contributed by atoms with Crippen molar-refractivity contribution in [3.63, 3.8) is 0 Å². The van der Waals surface area contributed by atoms with Crippen molar-refractivity contribution < 1.29 is 18.3 Å². The Bertz CT molecular complexity index is 1430. The van der Waals surface area contributed by atoms with Gasteiger partial charge in [0.15, 0.2) is 0 Å². The number of hydrogen-bond donors (Lipinski definition) is 0. The number of allylic oxidation sites excluding steroid dienone is 5. The van der Waals surface area contributed by atoms with Crippen molar-refractivity contribution in [3.05, 3.63) is 77.3 Å². The first kappa shape index (κ1) is 30.1. The van der Waals surface area contributed by atoms with Crippen LogP contribution in [0, 0.1) is 11.3 Å². The van der Waals surface area contributed by atoms with Gasteiger partial charge in [-0.15, -0.1) is 0 Å². The molecule has 5 atom stereocenters. The summed E-state index contributed by atoms with van der Waals surface area (Å²) in [5.74, 6) is 1.60. The van der Waals surface area contributed by atoms with Gasteiger partial charge in [-0.3, -0.25) is 4.99 Å². The van der Waals surface area contributed by atoms with Crippen molar-refractivity contribution in [1.29, 1.82) is 0 Å². The first-order chi connectivity index (χ1) is 20.0. The molecular formula is C34H42F2N4O2. The van der Waals surface area contributed by atoms with Gasteiger partial charge in [-0.05, 0) is 81.6 Å². The van der Waals surface area contributed by atoms with Gasteiger partial charge < -0.3 is 14.4 Å². The molecule has 1 aromatic heterocycles. The Morgan fingerprint density at radius 3 is 2.52 bits per heavy atom. The lowest BCUT2D eigenvalue weighted by atomic mass is 9.90. The molecule has 2 heterocycles. The number of nitrogens with zero attached hydrogens (tertiary/aromatic N) is 4. The summed E-state index contributed by atoms with van der Waals surface area (Å²) in [6.07, 6.45) is 12.8. The lowest BCUT2D eigenvalue weighted by molar-refractivity contribution is -0.0506. The van der Waals surface area contributed by atoms with Crippen LogP contribution >= 0.6 is 0 Å². The van der Waals surface area contributed by atoms with Crippen LogP contribution in [0.5, 0.6) is 5.75 Å². The molecule has 224 valence electrons. The molecule has 1 aliphatic heterocycles. The molecule has 0 radical (unpaired) electrons. The average Bonchev–Trinajstić information content (AvgIpc) is 3.45. The standard InChI is InChI=1S/C34H42F2N4O2/c1-8-23(24-18-37-32(38-19-24)40-20-25-16-33(25,5)29(40)9-2)15-14-21(3)39-30-22(4)27(17-34(30,6)41-7)26-12-10-11-13-28(26)42-31(35)36/h8,10-15,18-19,25,27,29,31H,9,16-17,20H2,1-7H3/b15-14-,23-8+,39-21+/t25-,27-,29?,33?,34?/m0/s1. The lowest BCUT2D eigenvalue weighted by Crippen LogP contribution is -2.36. The summed E-state index contributed by atoms with van der Waals surface area (Å²) in [5.41, 5.74) is 5.00. The molecule has 0 N–H and O–H groups in total. The molecule has 0 amide bonds. The van der Waals surface area contributed by atoms with Gasteiger partial charge in [0, 0.05) is 54.8 Å². The van der Waals surface area contributed by atoms with E-state index in [0.29, 0.717) is 23.4 Å². The fraction of sp³-hybridized carbons (Fsp3) is 0.500. The normalized spacial score (nSPS) is 29.7. The van der Waals surface area contributed by atoms with Crippen LogP contribution in [-0.4, -0.2) is 47.6 Å². The molecule has 2 aliphatic carbocycles. The molecule has 0 spiro atoms. The molecule has 8 heteroatoms. The number of methoxy groups -OCH3 is 1. The molecule has 1 saturated heterocycles. The third-order valence-corrected chi connectivity index (χ3v) is 9.68. The van der Waals surface area contributed by atoms with Gasteiger partial charge in [0.1, 0.15) is 11.4 Å². The van der Waals surface area contributed by atoms with E-state index in [4.69, 9.17) is 24.4 Å². The molecule has 3 unspecified atom stereocenters. The lowest BCUT2D eigenvalue weighted by Gasteiger charge is -2.29. The molecule has 42 heavy (non-hydrogen) atoms. The van der Waals surface area contributed by atoms with Crippen LogP contribution in [-0.2, 0) is 4.74 Å². The van der Waals surface area contributed by atoms with Crippen LogP contribution in [0.3, 0.4) is 0 Å². The predicted octanol–water partition coefficient (Wildman–Crippen LogP) is 7.99. The van der Waals surface area contributed by atoms with Gasteiger partial charge in [0.25, 0.3) is 0 Å². The highest BCUT2D eigenvalue weighted by molar-refractivity contribution is 5.96. The first-order valence-corrected chi connectivity index (χ1v) is 14.8. The van der Waals surface area contributed by atoms with E-state index < -0.39 is 12.2 Å². The maximum Gasteiger partial charge on any atom is 0.387 e. The zero-order valence-corrected chi connectivity index (χ0v) is 25.7. The Balaban J connectivity index is 1.35. The van der Waals surface area contributed by atoms with E-state index in [9.17, 15) is 8.78 Å². The fourth-order valence-corrected chi connectivity index (χ4v) is 7.11. The van der Waals surface area contributed by atoms with Gasteiger partial charge in [0.2, 0.25) is 5.95 Å². The van der Waals surface area contributed by atoms with E-state index in [1.54, 1.807) is 19.2 Å². The third kappa shape index (κ3) is 5.53. The molecule has 1 aromatic carbocycles. The molecule has 2 aromatic rings. The van der Waals surface area contributed by atoms with Crippen LogP contribution in [0.4, 0.5) is 14.7 Å². The smallest absolute Gasteiger partial charge is 0.387 e. The molecule has 3 aliphatic rings. The highest BCUT2D eigenvalue weighted by atomic mass is 19.3. The summed E-state index contributed by atoms with van der Waals surface area (Å²) in [5, 5.41) is 0. The van der Waals surface area contributed by atoms with Crippen molar-refractivity contribution in [2.24, 2.45) is 16.3 Å². The number of benzene rings is 1. The Morgan fingerprint density at radius 1 is 1.17 bits per heavy atom. The van der Waals surface area contributed by atoms with Gasteiger partial charge in [-0.1, -0.05) is 44.2 Å². The Hall–Kier alpha value is -3.39. The number of aliphatic imine (C=N–C) groups is 1. The van der Waals surface area contributed by atoms with Gasteiger partial charge in [0.05, 0.1) is 5.70 Å². The Morgan fingerprint density at radius 2 is 1.88 bits per heavy atom. The van der Waals surface area contributed by atoms with Gasteiger partial charge in [-0.25, -0.2) is 9.97 Å². The topological polar surface area (TPSA) is 59.8 Å². The monoisotopic (exact) mass is 576 g/mol. The largest absolute Gasteiger partial charge is 0.435 e. The van der Waals surface area contributed by atoms with Gasteiger partial charge >= 0.3 is 6.61 Å². The van der Waals surface area contributed by atoms with Crippen LogP contribution in [0.25, 0.3) is 5.57 Å². The van der Waals surface area contributed by atoms with Crippen molar-refractivity contribution in [2.75, 3.05) is 18.6 Å². The molecular weight excluding hydrogens is 534 g/mol. The second-order valence-electron chi connectivity index (χ2n) is 12.2. The third-order valence-electron chi connectivity index (χ3n) is 9.68. The van der Waals surface area contributed by atoms with E-state index in [2.05, 4.69) is 18.7 Å². The molecule has 6 nitrogen and oxygen atoms in total. The molecule has 1 saturated carbocycles. The minimum Gasteiger partial charge on any atom is -0.435 e. The van der Waals surface area contributed by atoms with Crippen LogP contribution < -0.4 is 9.64 Å². The number of para-hydroxylation sites is 1. The second kappa shape index (κ2) is 11.7. The van der Waals surface area contributed by atoms with Gasteiger partial charge in [-0.2, -0.15) is 8.78 Å². The average molecular weight is 577 g/mol. The Kier molecular flexibility index (Phi) is 8.39. The zero-order valence-electron chi connectivity index (χ0n) is 25.7. The summed E-state index contributed by atoms with van der Waals surface area (Å²) in [6.45, 7) is 10.7. The van der Waals surface area contributed by atoms with E-state index in [-0.39, 0.29) is 11.7 Å². The number of alkyl halides is 2. The number of fused-ring (bicyclic) bond motifs is 1. The van der Waals surface area contributed by atoms with Crippen molar-refractivity contribution in [2.45, 2.75) is 85.0 Å². The molecule has 0 bridgehead atoms.